The van der Waals surface area contributed by atoms with Gasteiger partial charge in [-0.05, 0) is 41.8 Å². The van der Waals surface area contributed by atoms with Gasteiger partial charge in [-0.1, -0.05) is 72.4 Å². The molecule has 0 bridgehead atoms. The number of nitrogens with one attached hydrogen (secondary N) is 1. The van der Waals surface area contributed by atoms with Crippen LogP contribution in [0.2, 0.25) is 0 Å². The van der Waals surface area contributed by atoms with E-state index in [4.69, 9.17) is 4.74 Å². The van der Waals surface area contributed by atoms with E-state index < -0.39 is 0 Å². The van der Waals surface area contributed by atoms with Gasteiger partial charge in [0.05, 0.1) is 11.8 Å². The Morgan fingerprint density at radius 2 is 1.81 bits per heavy atom. The highest BCUT2D eigenvalue weighted by Gasteiger charge is 2.14. The highest BCUT2D eigenvalue weighted by molar-refractivity contribution is 7.99. The zero-order valence-electron chi connectivity index (χ0n) is 18.4. The maximum absolute atomic E-state index is 12.4. The second kappa shape index (κ2) is 9.87. The average Bonchev–Trinajstić information content (AvgIpc) is 3.17. The number of fused-ring (bicyclic) bond motifs is 1. The van der Waals surface area contributed by atoms with Gasteiger partial charge in [-0.3, -0.25) is 4.79 Å². The van der Waals surface area contributed by atoms with Crippen molar-refractivity contribution in [1.82, 2.24) is 20.1 Å². The normalized spacial score (nSPS) is 12.0. The van der Waals surface area contributed by atoms with Gasteiger partial charge in [-0.2, -0.15) is 0 Å². The van der Waals surface area contributed by atoms with Crippen molar-refractivity contribution in [3.05, 3.63) is 83.7 Å². The number of ether oxygens (including phenoxy) is 1. The third-order valence-electron chi connectivity index (χ3n) is 5.44. The molecule has 0 aliphatic rings. The third-order valence-corrected chi connectivity index (χ3v) is 6.46. The Balaban J connectivity index is 1.33. The molecular formula is C25H26N4O2S. The second-order valence-corrected chi connectivity index (χ2v) is 8.59. The van der Waals surface area contributed by atoms with Gasteiger partial charge < -0.3 is 14.6 Å². The molecule has 3 aromatic carbocycles. The topological polar surface area (TPSA) is 69.0 Å². The molecule has 7 heteroatoms. The molecule has 4 rings (SSSR count). The quantitative estimate of drug-likeness (QED) is 0.393. The van der Waals surface area contributed by atoms with Crippen LogP contribution in [0, 0.1) is 6.92 Å². The first-order valence-electron chi connectivity index (χ1n) is 10.5. The molecule has 1 atom stereocenters. The predicted molar refractivity (Wildman–Crippen MR) is 128 cm³/mol. The summed E-state index contributed by atoms with van der Waals surface area (Å²) < 4.78 is 7.91. The van der Waals surface area contributed by atoms with Crippen LogP contribution in [0.3, 0.4) is 0 Å². The summed E-state index contributed by atoms with van der Waals surface area (Å²) >= 11 is 1.36. The first-order valence-corrected chi connectivity index (χ1v) is 11.5. The molecule has 4 aromatic rings. The smallest absolute Gasteiger partial charge is 0.230 e. The molecule has 1 aromatic heterocycles. The number of nitrogens with zero attached hydrogens (tertiary/aromatic N) is 3. The van der Waals surface area contributed by atoms with Gasteiger partial charge in [0.25, 0.3) is 0 Å². The number of rotatable bonds is 8. The lowest BCUT2D eigenvalue weighted by Crippen LogP contribution is -2.28. The molecule has 0 fully saturated rings. The number of thioether (sulfide) groups is 1. The number of aromatic nitrogens is 3. The Morgan fingerprint density at radius 3 is 2.62 bits per heavy atom. The van der Waals surface area contributed by atoms with E-state index in [1.165, 1.54) is 22.5 Å². The van der Waals surface area contributed by atoms with Crippen LogP contribution in [0.25, 0.3) is 10.8 Å². The summed E-state index contributed by atoms with van der Waals surface area (Å²) in [5, 5.41) is 14.5. The summed E-state index contributed by atoms with van der Waals surface area (Å²) in [6, 6.07) is 22.2. The number of hydrogen-bond donors (Lipinski definition) is 1. The van der Waals surface area contributed by atoms with Crippen LogP contribution >= 0.6 is 11.8 Å². The molecular weight excluding hydrogens is 420 g/mol. The second-order valence-electron chi connectivity index (χ2n) is 7.64. The maximum atomic E-state index is 12.4. The lowest BCUT2D eigenvalue weighted by molar-refractivity contribution is -0.119. The van der Waals surface area contributed by atoms with Gasteiger partial charge in [-0.15, -0.1) is 10.2 Å². The number of benzene rings is 3. The lowest BCUT2D eigenvalue weighted by Gasteiger charge is -2.14. The highest BCUT2D eigenvalue weighted by atomic mass is 32.2. The average molecular weight is 447 g/mol. The van der Waals surface area contributed by atoms with Gasteiger partial charge in [0.2, 0.25) is 5.91 Å². The van der Waals surface area contributed by atoms with Crippen LogP contribution in [0.1, 0.15) is 29.9 Å². The van der Waals surface area contributed by atoms with Crippen LogP contribution in [0.4, 0.5) is 0 Å². The third kappa shape index (κ3) is 4.94. The molecule has 0 radical (unpaired) electrons. The lowest BCUT2D eigenvalue weighted by atomic mass is 10.0. The fraction of sp³-hybridized carbons (Fsp3) is 0.240. The van der Waals surface area contributed by atoms with E-state index in [0.29, 0.717) is 17.6 Å². The predicted octanol–water partition coefficient (Wildman–Crippen LogP) is 4.83. The number of hydrogen-bond acceptors (Lipinski definition) is 5. The Hall–Kier alpha value is -3.32. The van der Waals surface area contributed by atoms with Crippen molar-refractivity contribution < 1.29 is 9.53 Å². The van der Waals surface area contributed by atoms with Crippen molar-refractivity contribution >= 4 is 28.4 Å². The van der Waals surface area contributed by atoms with E-state index in [-0.39, 0.29) is 17.7 Å². The van der Waals surface area contributed by atoms with Crippen molar-refractivity contribution in [2.45, 2.75) is 31.7 Å². The molecule has 6 nitrogen and oxygen atoms in total. The number of carbonyl (C=O) groups is 1. The van der Waals surface area contributed by atoms with Crippen molar-refractivity contribution in [1.29, 1.82) is 0 Å². The SMILES string of the molecule is Cc1c(OCc2nnc(SCC(=O)NC(C)c3ccccc3)n2C)ccc2ccccc12. The zero-order valence-corrected chi connectivity index (χ0v) is 19.2. The molecule has 0 saturated carbocycles. The van der Waals surface area contributed by atoms with E-state index in [0.717, 1.165) is 16.9 Å². The number of carbonyl (C=O) groups excluding carboxylic acids is 1. The van der Waals surface area contributed by atoms with Crippen molar-refractivity contribution in [2.24, 2.45) is 7.05 Å². The van der Waals surface area contributed by atoms with Crippen LogP contribution in [-0.4, -0.2) is 26.4 Å². The van der Waals surface area contributed by atoms with Gasteiger partial charge in [0, 0.05) is 7.05 Å². The minimum absolute atomic E-state index is 0.0426. The van der Waals surface area contributed by atoms with Gasteiger partial charge in [0.15, 0.2) is 11.0 Å². The Bertz CT molecular complexity index is 1220. The molecule has 0 saturated heterocycles. The molecule has 1 N–H and O–H groups in total. The maximum Gasteiger partial charge on any atom is 0.230 e. The zero-order chi connectivity index (χ0) is 22.5. The van der Waals surface area contributed by atoms with Crippen molar-refractivity contribution in [3.63, 3.8) is 0 Å². The van der Waals surface area contributed by atoms with Crippen molar-refractivity contribution in [2.75, 3.05) is 5.75 Å². The standard InChI is InChI=1S/C25H26N4O2S/c1-17-21-12-8-7-11-20(21)13-14-22(17)31-15-23-27-28-25(29(23)3)32-16-24(30)26-18(2)19-9-5-4-6-10-19/h4-14,18H,15-16H2,1-3H3,(H,26,30). The summed E-state index contributed by atoms with van der Waals surface area (Å²) in [4.78, 5) is 12.4. The summed E-state index contributed by atoms with van der Waals surface area (Å²) in [5.41, 5.74) is 2.18. The van der Waals surface area contributed by atoms with E-state index >= 15 is 0 Å². The van der Waals surface area contributed by atoms with E-state index in [2.05, 4.69) is 40.6 Å². The van der Waals surface area contributed by atoms with Crippen LogP contribution < -0.4 is 10.1 Å². The van der Waals surface area contributed by atoms with Crippen LogP contribution in [-0.2, 0) is 18.4 Å². The molecule has 164 valence electrons. The molecule has 1 heterocycles. The Labute approximate surface area is 192 Å². The molecule has 0 aliphatic heterocycles. The van der Waals surface area contributed by atoms with E-state index in [1.54, 1.807) is 0 Å². The van der Waals surface area contributed by atoms with Gasteiger partial charge in [-0.25, -0.2) is 0 Å². The molecule has 1 unspecified atom stereocenters. The molecule has 1 amide bonds. The van der Waals surface area contributed by atoms with Gasteiger partial charge >= 0.3 is 0 Å². The Kier molecular flexibility index (Phi) is 6.75. The van der Waals surface area contributed by atoms with E-state index in [9.17, 15) is 4.79 Å². The fourth-order valence-corrected chi connectivity index (χ4v) is 4.28. The summed E-state index contributed by atoms with van der Waals surface area (Å²) in [7, 11) is 1.89. The highest BCUT2D eigenvalue weighted by Crippen LogP contribution is 2.28. The monoisotopic (exact) mass is 446 g/mol. The van der Waals surface area contributed by atoms with Crippen LogP contribution in [0.5, 0.6) is 5.75 Å². The number of aryl methyl sites for hydroxylation is 1. The minimum Gasteiger partial charge on any atom is -0.485 e. The van der Waals surface area contributed by atoms with E-state index in [1.807, 2.05) is 67.1 Å². The van der Waals surface area contributed by atoms with Gasteiger partial charge in [0.1, 0.15) is 12.4 Å². The summed E-state index contributed by atoms with van der Waals surface area (Å²) in [5.74, 6) is 1.76. The van der Waals surface area contributed by atoms with Crippen molar-refractivity contribution in [3.8, 4) is 5.75 Å². The number of amides is 1. The fourth-order valence-electron chi connectivity index (χ4n) is 3.54. The largest absolute Gasteiger partial charge is 0.485 e. The molecule has 0 spiro atoms. The summed E-state index contributed by atoms with van der Waals surface area (Å²) in [6.45, 7) is 4.34. The van der Waals surface area contributed by atoms with Crippen LogP contribution in [0.15, 0.2) is 71.9 Å². The first-order chi connectivity index (χ1) is 15.5. The Morgan fingerprint density at radius 1 is 1.06 bits per heavy atom. The summed E-state index contributed by atoms with van der Waals surface area (Å²) in [6.07, 6.45) is 0. The minimum atomic E-state index is -0.0436. The first kappa shape index (κ1) is 21.9. The molecule has 0 aliphatic carbocycles. The molecule has 32 heavy (non-hydrogen) atoms.